The van der Waals surface area contributed by atoms with E-state index in [1.54, 1.807) is 19.9 Å². The number of sulfonamides is 1. The van der Waals surface area contributed by atoms with Crippen LogP contribution < -0.4 is 14.8 Å². The zero-order valence-corrected chi connectivity index (χ0v) is 15.3. The zero-order valence-electron chi connectivity index (χ0n) is 14.5. The number of ether oxygens (including phenoxy) is 1. The molecule has 0 unspecified atom stereocenters. The standard InChI is InChI=1S/C17H26N2O4S/c1-12-11-15(9-10-16(12)23-3)24(21,22)19-13(2)17(20)18-14-7-5-4-6-8-14/h9-11,13-14,19H,4-8H2,1-3H3,(H,18,20)/t13-/m1/s1. The molecule has 0 bridgehead atoms. The first kappa shape index (κ1) is 18.7. The molecule has 0 aromatic heterocycles. The Balaban J connectivity index is 2.01. The highest BCUT2D eigenvalue weighted by Gasteiger charge is 2.24. The van der Waals surface area contributed by atoms with Crippen molar-refractivity contribution in [2.24, 2.45) is 0 Å². The van der Waals surface area contributed by atoms with Crippen molar-refractivity contribution in [2.45, 2.75) is 62.9 Å². The molecule has 1 aromatic rings. The smallest absolute Gasteiger partial charge is 0.241 e. The predicted octanol–water partition coefficient (Wildman–Crippen LogP) is 2.12. The number of benzene rings is 1. The first-order chi connectivity index (χ1) is 11.3. The van der Waals surface area contributed by atoms with Crippen LogP contribution in [0.1, 0.15) is 44.6 Å². The van der Waals surface area contributed by atoms with Crippen LogP contribution in [0.2, 0.25) is 0 Å². The molecule has 134 valence electrons. The summed E-state index contributed by atoms with van der Waals surface area (Å²) in [5.74, 6) is 0.341. The molecule has 6 nitrogen and oxygen atoms in total. The number of carbonyl (C=O) groups is 1. The van der Waals surface area contributed by atoms with Crippen LogP contribution >= 0.6 is 0 Å². The SMILES string of the molecule is COc1ccc(S(=O)(=O)N[C@H](C)C(=O)NC2CCCCC2)cc1C. The number of rotatable bonds is 6. The largest absolute Gasteiger partial charge is 0.496 e. The number of methoxy groups -OCH3 is 1. The Morgan fingerprint density at radius 3 is 2.50 bits per heavy atom. The molecular formula is C17H26N2O4S. The van der Waals surface area contributed by atoms with Crippen molar-refractivity contribution < 1.29 is 17.9 Å². The number of hydrogen-bond acceptors (Lipinski definition) is 4. The van der Waals surface area contributed by atoms with Crippen LogP contribution in [0.3, 0.4) is 0 Å². The highest BCUT2D eigenvalue weighted by atomic mass is 32.2. The highest BCUT2D eigenvalue weighted by Crippen LogP contribution is 2.21. The monoisotopic (exact) mass is 354 g/mol. The molecule has 0 spiro atoms. The minimum absolute atomic E-state index is 0.123. The molecule has 1 atom stereocenters. The lowest BCUT2D eigenvalue weighted by atomic mass is 9.95. The third-order valence-corrected chi connectivity index (χ3v) is 5.89. The lowest BCUT2D eigenvalue weighted by molar-refractivity contribution is -0.123. The van der Waals surface area contributed by atoms with Gasteiger partial charge in [-0.2, -0.15) is 4.72 Å². The van der Waals surface area contributed by atoms with Crippen molar-refractivity contribution in [3.8, 4) is 5.75 Å². The fourth-order valence-electron chi connectivity index (χ4n) is 2.95. The van der Waals surface area contributed by atoms with Crippen molar-refractivity contribution in [1.29, 1.82) is 0 Å². The summed E-state index contributed by atoms with van der Waals surface area (Å²) >= 11 is 0. The van der Waals surface area contributed by atoms with E-state index in [9.17, 15) is 13.2 Å². The van der Waals surface area contributed by atoms with Gasteiger partial charge in [0.15, 0.2) is 0 Å². The molecule has 0 saturated heterocycles. The average Bonchev–Trinajstić information content (AvgIpc) is 2.55. The van der Waals surface area contributed by atoms with E-state index in [-0.39, 0.29) is 16.8 Å². The topological polar surface area (TPSA) is 84.5 Å². The lowest BCUT2D eigenvalue weighted by Gasteiger charge is -2.24. The Morgan fingerprint density at radius 1 is 1.25 bits per heavy atom. The summed E-state index contributed by atoms with van der Waals surface area (Å²) in [6.45, 7) is 3.34. The second-order valence-electron chi connectivity index (χ2n) is 6.32. The van der Waals surface area contributed by atoms with Gasteiger partial charge in [0, 0.05) is 6.04 Å². The molecule has 1 aliphatic carbocycles. The number of aryl methyl sites for hydroxylation is 1. The molecule has 2 N–H and O–H groups in total. The van der Waals surface area contributed by atoms with Crippen molar-refractivity contribution in [3.05, 3.63) is 23.8 Å². The van der Waals surface area contributed by atoms with Gasteiger partial charge in [-0.3, -0.25) is 4.79 Å². The van der Waals surface area contributed by atoms with Gasteiger partial charge in [0.25, 0.3) is 0 Å². The molecule has 7 heteroatoms. The van der Waals surface area contributed by atoms with Crippen molar-refractivity contribution in [3.63, 3.8) is 0 Å². The quantitative estimate of drug-likeness (QED) is 0.819. The summed E-state index contributed by atoms with van der Waals surface area (Å²) in [4.78, 5) is 12.4. The van der Waals surface area contributed by atoms with Crippen molar-refractivity contribution in [2.75, 3.05) is 7.11 Å². The molecule has 2 rings (SSSR count). The number of carbonyl (C=O) groups excluding carboxylic acids is 1. The molecule has 0 radical (unpaired) electrons. The van der Waals surface area contributed by atoms with Crippen LogP contribution in [0.25, 0.3) is 0 Å². The van der Waals surface area contributed by atoms with Gasteiger partial charge < -0.3 is 10.1 Å². The van der Waals surface area contributed by atoms with E-state index in [1.165, 1.54) is 25.7 Å². The number of amides is 1. The van der Waals surface area contributed by atoms with Gasteiger partial charge in [-0.25, -0.2) is 8.42 Å². The van der Waals surface area contributed by atoms with Crippen molar-refractivity contribution in [1.82, 2.24) is 10.0 Å². The maximum atomic E-state index is 12.5. The molecule has 1 aliphatic rings. The summed E-state index contributed by atoms with van der Waals surface area (Å²) < 4.78 is 32.5. The van der Waals surface area contributed by atoms with Crippen LogP contribution in [0.4, 0.5) is 0 Å². The van der Waals surface area contributed by atoms with Crippen LogP contribution in [0, 0.1) is 6.92 Å². The molecule has 1 saturated carbocycles. The summed E-state index contributed by atoms with van der Waals surface area (Å²) in [5.41, 5.74) is 0.722. The van der Waals surface area contributed by atoms with Gasteiger partial charge in [-0.1, -0.05) is 19.3 Å². The Kier molecular flexibility index (Phi) is 6.23. The Bertz CT molecular complexity index is 682. The fourth-order valence-corrected chi connectivity index (χ4v) is 4.23. The van der Waals surface area contributed by atoms with Crippen molar-refractivity contribution >= 4 is 15.9 Å². The molecule has 1 amide bonds. The number of nitrogens with one attached hydrogen (secondary N) is 2. The summed E-state index contributed by atoms with van der Waals surface area (Å²) in [5, 5.41) is 2.94. The van der Waals surface area contributed by atoms with E-state index in [0.29, 0.717) is 5.75 Å². The Labute approximate surface area is 144 Å². The second-order valence-corrected chi connectivity index (χ2v) is 8.03. The van der Waals surface area contributed by atoms with Crippen LogP contribution in [0.5, 0.6) is 5.75 Å². The van der Waals surface area contributed by atoms with Gasteiger partial charge in [0.2, 0.25) is 15.9 Å². The Morgan fingerprint density at radius 2 is 1.92 bits per heavy atom. The maximum Gasteiger partial charge on any atom is 0.241 e. The van der Waals surface area contributed by atoms with E-state index < -0.39 is 16.1 Å². The first-order valence-electron chi connectivity index (χ1n) is 8.31. The van der Waals surface area contributed by atoms with Gasteiger partial charge in [-0.15, -0.1) is 0 Å². The number of hydrogen-bond donors (Lipinski definition) is 2. The molecule has 1 aromatic carbocycles. The molecule has 0 aliphatic heterocycles. The van der Waals surface area contributed by atoms with Gasteiger partial charge in [-0.05, 0) is 50.5 Å². The minimum atomic E-state index is -3.76. The highest BCUT2D eigenvalue weighted by molar-refractivity contribution is 7.89. The molecule has 1 fully saturated rings. The lowest BCUT2D eigenvalue weighted by Crippen LogP contribution is -2.48. The molecule has 0 heterocycles. The van der Waals surface area contributed by atoms with Crippen LogP contribution in [0.15, 0.2) is 23.1 Å². The maximum absolute atomic E-state index is 12.5. The van der Waals surface area contributed by atoms with E-state index in [0.717, 1.165) is 31.2 Å². The summed E-state index contributed by atoms with van der Waals surface area (Å²) in [6.07, 6.45) is 5.34. The van der Waals surface area contributed by atoms with Gasteiger partial charge in [0.1, 0.15) is 5.75 Å². The van der Waals surface area contributed by atoms with E-state index in [2.05, 4.69) is 10.0 Å². The summed E-state index contributed by atoms with van der Waals surface area (Å²) in [7, 11) is -2.23. The molecule has 24 heavy (non-hydrogen) atoms. The second kappa shape index (κ2) is 7.98. The average molecular weight is 354 g/mol. The third-order valence-electron chi connectivity index (χ3n) is 4.35. The normalized spacial score (nSPS) is 17.3. The van der Waals surface area contributed by atoms with E-state index in [1.807, 2.05) is 0 Å². The summed E-state index contributed by atoms with van der Waals surface area (Å²) in [6, 6.07) is 3.95. The Hall–Kier alpha value is -1.60. The first-order valence-corrected chi connectivity index (χ1v) is 9.79. The zero-order chi connectivity index (χ0) is 17.7. The fraction of sp³-hybridized carbons (Fsp3) is 0.588. The molecular weight excluding hydrogens is 328 g/mol. The van der Waals surface area contributed by atoms with E-state index >= 15 is 0 Å². The predicted molar refractivity (Wildman–Crippen MR) is 92.5 cm³/mol. The van der Waals surface area contributed by atoms with Crippen LogP contribution in [-0.2, 0) is 14.8 Å². The minimum Gasteiger partial charge on any atom is -0.496 e. The third kappa shape index (κ3) is 4.70. The van der Waals surface area contributed by atoms with Crippen LogP contribution in [-0.4, -0.2) is 33.5 Å². The van der Waals surface area contributed by atoms with E-state index in [4.69, 9.17) is 4.74 Å². The van der Waals surface area contributed by atoms with Gasteiger partial charge >= 0.3 is 0 Å². The van der Waals surface area contributed by atoms with Gasteiger partial charge in [0.05, 0.1) is 18.0 Å².